The molecule has 0 N–H and O–H groups in total. The molecule has 0 unspecified atom stereocenters. The van der Waals surface area contributed by atoms with Crippen LogP contribution >= 0.6 is 0 Å². The predicted octanol–water partition coefficient (Wildman–Crippen LogP) is 2.69. The van der Waals surface area contributed by atoms with Crippen LogP contribution < -0.4 is 0 Å². The molecule has 0 amide bonds. The maximum Gasteiger partial charge on any atom is 0 e. The summed E-state index contributed by atoms with van der Waals surface area (Å²) in [4.78, 5) is 0. The van der Waals surface area contributed by atoms with Crippen molar-refractivity contribution in [3.8, 4) is 0 Å². The quantitative estimate of drug-likeness (QED) is 0.499. The third-order valence-corrected chi connectivity index (χ3v) is 1.73. The molecule has 0 aromatic rings. The molecule has 0 heterocycles. The summed E-state index contributed by atoms with van der Waals surface area (Å²) < 4.78 is 0. The van der Waals surface area contributed by atoms with Crippen LogP contribution in [-0.4, -0.2) is 0 Å². The summed E-state index contributed by atoms with van der Waals surface area (Å²) in [6.07, 6.45) is 0. The summed E-state index contributed by atoms with van der Waals surface area (Å²) in [5.41, 5.74) is 0.500. The zero-order valence-electron chi connectivity index (χ0n) is 6.52. The molecule has 0 nitrogen and oxygen atoms in total. The van der Waals surface area contributed by atoms with Crippen LogP contribution in [0.1, 0.15) is 34.6 Å². The van der Waals surface area contributed by atoms with E-state index in [1.807, 2.05) is 0 Å². The SMILES string of the molecule is CC(C)C(C)(C)C.[V]. The minimum absolute atomic E-state index is 0. The Bertz CT molecular complexity index is 49.9. The molecule has 0 fully saturated rings. The van der Waals surface area contributed by atoms with Crippen LogP contribution in [-0.2, 0) is 18.6 Å². The van der Waals surface area contributed by atoms with Gasteiger partial charge in [-0.3, -0.25) is 0 Å². The van der Waals surface area contributed by atoms with Crippen LogP contribution in [0.4, 0.5) is 0 Å². The molecule has 0 aliphatic rings. The largest absolute Gasteiger partial charge is 0.0623 e. The second kappa shape index (κ2) is 3.58. The Hall–Kier alpha value is 0.584. The van der Waals surface area contributed by atoms with E-state index in [-0.39, 0.29) is 18.6 Å². The van der Waals surface area contributed by atoms with Gasteiger partial charge in [0.05, 0.1) is 0 Å². The fourth-order valence-corrected chi connectivity index (χ4v) is 0. The summed E-state index contributed by atoms with van der Waals surface area (Å²) in [5.74, 6) is 0.799. The van der Waals surface area contributed by atoms with E-state index in [0.717, 1.165) is 5.92 Å². The Labute approximate surface area is 64.9 Å². The van der Waals surface area contributed by atoms with Crippen molar-refractivity contribution >= 4 is 0 Å². The van der Waals surface area contributed by atoms with Gasteiger partial charge in [-0.15, -0.1) is 0 Å². The second-order valence-corrected chi connectivity index (χ2v) is 3.52. The Morgan fingerprint density at radius 1 is 1.00 bits per heavy atom. The van der Waals surface area contributed by atoms with Crippen molar-refractivity contribution in [1.29, 1.82) is 0 Å². The van der Waals surface area contributed by atoms with Gasteiger partial charge in [-0.05, 0) is 11.3 Å². The monoisotopic (exact) mass is 151 g/mol. The first-order valence-corrected chi connectivity index (χ1v) is 2.94. The molecule has 0 saturated carbocycles. The van der Waals surface area contributed by atoms with Gasteiger partial charge in [-0.2, -0.15) is 0 Å². The Morgan fingerprint density at radius 2 is 1.12 bits per heavy atom. The van der Waals surface area contributed by atoms with Crippen molar-refractivity contribution in [3.05, 3.63) is 0 Å². The van der Waals surface area contributed by atoms with Crippen LogP contribution in [0.25, 0.3) is 0 Å². The maximum atomic E-state index is 2.26. The predicted molar refractivity (Wildman–Crippen MR) is 34.3 cm³/mol. The minimum Gasteiger partial charge on any atom is -0.0623 e. The third-order valence-electron chi connectivity index (χ3n) is 1.73. The summed E-state index contributed by atoms with van der Waals surface area (Å²) in [6, 6.07) is 0. The van der Waals surface area contributed by atoms with E-state index < -0.39 is 0 Å². The first-order chi connectivity index (χ1) is 2.94. The van der Waals surface area contributed by atoms with Crippen LogP contribution in [0, 0.1) is 11.3 Å². The van der Waals surface area contributed by atoms with E-state index in [2.05, 4.69) is 34.6 Å². The first kappa shape index (κ1) is 11.4. The normalized spacial score (nSPS) is 11.2. The third kappa shape index (κ3) is 4.74. The van der Waals surface area contributed by atoms with Crippen LogP contribution in [0.3, 0.4) is 0 Å². The van der Waals surface area contributed by atoms with Crippen molar-refractivity contribution in [2.45, 2.75) is 34.6 Å². The topological polar surface area (TPSA) is 0 Å². The van der Waals surface area contributed by atoms with E-state index in [0.29, 0.717) is 5.41 Å². The molecule has 1 heteroatoms. The van der Waals surface area contributed by atoms with Gasteiger partial charge in [0.2, 0.25) is 0 Å². The molecule has 0 bridgehead atoms. The molecule has 0 aliphatic carbocycles. The van der Waals surface area contributed by atoms with Crippen molar-refractivity contribution in [1.82, 2.24) is 0 Å². The second-order valence-electron chi connectivity index (χ2n) is 3.52. The van der Waals surface area contributed by atoms with Gasteiger partial charge in [0.25, 0.3) is 0 Å². The molecular formula is C7H16V. The first-order valence-electron chi connectivity index (χ1n) is 2.94. The van der Waals surface area contributed by atoms with Gasteiger partial charge >= 0.3 is 0 Å². The maximum absolute atomic E-state index is 2.26. The van der Waals surface area contributed by atoms with Gasteiger partial charge in [0, 0.05) is 18.6 Å². The van der Waals surface area contributed by atoms with E-state index in [1.165, 1.54) is 0 Å². The molecule has 0 spiro atoms. The van der Waals surface area contributed by atoms with Crippen LogP contribution in [0.15, 0.2) is 0 Å². The van der Waals surface area contributed by atoms with E-state index >= 15 is 0 Å². The van der Waals surface area contributed by atoms with E-state index in [1.54, 1.807) is 0 Å². The van der Waals surface area contributed by atoms with Gasteiger partial charge < -0.3 is 0 Å². The molecule has 0 atom stereocenters. The van der Waals surface area contributed by atoms with Crippen molar-refractivity contribution < 1.29 is 18.6 Å². The standard InChI is InChI=1S/C7H16.V/c1-6(2)7(3,4)5;/h6H,1-5H3;. The van der Waals surface area contributed by atoms with Gasteiger partial charge in [0.1, 0.15) is 0 Å². The number of hydrogen-bond donors (Lipinski definition) is 0. The molecule has 0 aromatic heterocycles. The smallest absolute Gasteiger partial charge is 0 e. The molecule has 1 radical (unpaired) electrons. The summed E-state index contributed by atoms with van der Waals surface area (Å²) >= 11 is 0. The summed E-state index contributed by atoms with van der Waals surface area (Å²) in [7, 11) is 0. The zero-order chi connectivity index (χ0) is 6.08. The van der Waals surface area contributed by atoms with Gasteiger partial charge in [-0.25, -0.2) is 0 Å². The fourth-order valence-electron chi connectivity index (χ4n) is 0. The zero-order valence-corrected chi connectivity index (χ0v) is 7.92. The van der Waals surface area contributed by atoms with Crippen molar-refractivity contribution in [2.24, 2.45) is 11.3 Å². The number of rotatable bonds is 0. The molecular weight excluding hydrogens is 135 g/mol. The van der Waals surface area contributed by atoms with Gasteiger partial charge in [-0.1, -0.05) is 34.6 Å². The summed E-state index contributed by atoms with van der Waals surface area (Å²) in [5, 5.41) is 0. The molecule has 0 aliphatic heterocycles. The molecule has 0 rings (SSSR count). The van der Waals surface area contributed by atoms with Crippen LogP contribution in [0.2, 0.25) is 0 Å². The Balaban J connectivity index is 0. The fraction of sp³-hybridized carbons (Fsp3) is 1.00. The molecule has 0 saturated heterocycles. The Kier molecular flexibility index (Phi) is 5.10. The van der Waals surface area contributed by atoms with E-state index in [4.69, 9.17) is 0 Å². The molecule has 8 heavy (non-hydrogen) atoms. The van der Waals surface area contributed by atoms with Crippen LogP contribution in [0.5, 0.6) is 0 Å². The average Bonchev–Trinajstić information content (AvgIpc) is 1.31. The average molecular weight is 151 g/mol. The van der Waals surface area contributed by atoms with Gasteiger partial charge in [0.15, 0.2) is 0 Å². The number of hydrogen-bond acceptors (Lipinski definition) is 0. The minimum atomic E-state index is 0. The van der Waals surface area contributed by atoms with Crippen molar-refractivity contribution in [3.63, 3.8) is 0 Å². The molecule has 49 valence electrons. The molecule has 0 aromatic carbocycles. The summed E-state index contributed by atoms with van der Waals surface area (Å²) in [6.45, 7) is 11.3. The Morgan fingerprint density at radius 3 is 1.12 bits per heavy atom. The van der Waals surface area contributed by atoms with Crippen molar-refractivity contribution in [2.75, 3.05) is 0 Å². The van der Waals surface area contributed by atoms with E-state index in [9.17, 15) is 0 Å².